The van der Waals surface area contributed by atoms with Crippen LogP contribution in [0.5, 0.6) is 0 Å². The minimum atomic E-state index is 0.533. The second-order valence-electron chi connectivity index (χ2n) is 7.74. The molecule has 8 nitrogen and oxygen atoms in total. The molecule has 3 N–H and O–H groups in total. The van der Waals surface area contributed by atoms with Gasteiger partial charge in [-0.05, 0) is 49.2 Å². The van der Waals surface area contributed by atoms with Gasteiger partial charge in [0.25, 0.3) is 0 Å². The standard InChI is InChI=1S/C23H25N7O/c1-15-5-3-7-17(13-15)24-22-26-19-20(27-22)28-23(25-18-8-4-6-16(2)14-18)29-21(19)30-9-11-31-12-10-30/h3-8,13-14H,9-12H2,1-2H3,(H3,24,25,26,27,28,29). The molecule has 2 aromatic carbocycles. The molecule has 5 rings (SSSR count). The Morgan fingerprint density at radius 3 is 2.23 bits per heavy atom. The molecule has 0 radical (unpaired) electrons. The fourth-order valence-corrected chi connectivity index (χ4v) is 3.71. The Balaban J connectivity index is 1.53. The van der Waals surface area contributed by atoms with E-state index in [0.717, 1.165) is 35.8 Å². The molecule has 1 fully saturated rings. The van der Waals surface area contributed by atoms with Crippen molar-refractivity contribution in [2.24, 2.45) is 0 Å². The van der Waals surface area contributed by atoms with Gasteiger partial charge >= 0.3 is 0 Å². The molecule has 0 atom stereocenters. The van der Waals surface area contributed by atoms with Crippen molar-refractivity contribution in [1.29, 1.82) is 0 Å². The monoisotopic (exact) mass is 415 g/mol. The molecular formula is C23H25N7O. The van der Waals surface area contributed by atoms with E-state index in [1.807, 2.05) is 24.3 Å². The molecule has 0 aliphatic carbocycles. The summed E-state index contributed by atoms with van der Waals surface area (Å²) in [6, 6.07) is 16.3. The van der Waals surface area contributed by atoms with Crippen LogP contribution >= 0.6 is 0 Å². The number of morpholine rings is 1. The third-order valence-electron chi connectivity index (χ3n) is 5.19. The van der Waals surface area contributed by atoms with Gasteiger partial charge in [0.05, 0.1) is 13.2 Å². The van der Waals surface area contributed by atoms with E-state index in [1.54, 1.807) is 0 Å². The van der Waals surface area contributed by atoms with Crippen LogP contribution in [-0.2, 0) is 4.74 Å². The number of anilines is 5. The normalized spacial score (nSPS) is 14.1. The molecule has 31 heavy (non-hydrogen) atoms. The molecule has 0 saturated carbocycles. The Morgan fingerprint density at radius 2 is 1.55 bits per heavy atom. The van der Waals surface area contributed by atoms with Crippen molar-refractivity contribution in [2.45, 2.75) is 13.8 Å². The van der Waals surface area contributed by atoms with Crippen LogP contribution in [0.4, 0.5) is 29.1 Å². The summed E-state index contributed by atoms with van der Waals surface area (Å²) in [4.78, 5) is 19.8. The average Bonchev–Trinajstić information content (AvgIpc) is 3.16. The molecule has 0 spiro atoms. The fraction of sp³-hybridized carbons (Fsp3) is 0.261. The quantitative estimate of drug-likeness (QED) is 0.448. The van der Waals surface area contributed by atoms with Crippen molar-refractivity contribution < 1.29 is 4.74 Å². The number of aromatic amines is 1. The first-order valence-electron chi connectivity index (χ1n) is 10.4. The summed E-state index contributed by atoms with van der Waals surface area (Å²) in [6.07, 6.45) is 0. The number of fused-ring (bicyclic) bond motifs is 1. The van der Waals surface area contributed by atoms with Gasteiger partial charge in [0.1, 0.15) is 0 Å². The van der Waals surface area contributed by atoms with E-state index >= 15 is 0 Å². The van der Waals surface area contributed by atoms with E-state index in [0.29, 0.717) is 30.8 Å². The lowest BCUT2D eigenvalue weighted by molar-refractivity contribution is 0.122. The topological polar surface area (TPSA) is 91.0 Å². The molecule has 8 heteroatoms. The van der Waals surface area contributed by atoms with E-state index in [2.05, 4.69) is 58.6 Å². The van der Waals surface area contributed by atoms with Crippen molar-refractivity contribution in [2.75, 3.05) is 41.8 Å². The van der Waals surface area contributed by atoms with Gasteiger partial charge in [-0.15, -0.1) is 0 Å². The zero-order valence-corrected chi connectivity index (χ0v) is 17.6. The Kier molecular flexibility index (Phi) is 5.13. The lowest BCUT2D eigenvalue weighted by Crippen LogP contribution is -2.37. The van der Waals surface area contributed by atoms with Crippen LogP contribution in [0.15, 0.2) is 48.5 Å². The van der Waals surface area contributed by atoms with Gasteiger partial charge in [-0.25, -0.2) is 4.98 Å². The number of ether oxygens (including phenoxy) is 1. The smallest absolute Gasteiger partial charge is 0.231 e. The summed E-state index contributed by atoms with van der Waals surface area (Å²) >= 11 is 0. The number of rotatable bonds is 5. The number of H-pyrrole nitrogens is 1. The number of nitrogens with zero attached hydrogens (tertiary/aromatic N) is 4. The Hall–Kier alpha value is -3.65. The number of hydrogen-bond donors (Lipinski definition) is 3. The second-order valence-corrected chi connectivity index (χ2v) is 7.74. The predicted octanol–water partition coefficient (Wildman–Crippen LogP) is 4.29. The molecule has 158 valence electrons. The van der Waals surface area contributed by atoms with Crippen molar-refractivity contribution >= 4 is 40.3 Å². The van der Waals surface area contributed by atoms with Crippen LogP contribution in [0.1, 0.15) is 11.1 Å². The van der Waals surface area contributed by atoms with Crippen molar-refractivity contribution in [3.63, 3.8) is 0 Å². The number of imidazole rings is 1. The largest absolute Gasteiger partial charge is 0.378 e. The van der Waals surface area contributed by atoms with Crippen LogP contribution in [0, 0.1) is 13.8 Å². The maximum absolute atomic E-state index is 5.53. The molecule has 0 unspecified atom stereocenters. The van der Waals surface area contributed by atoms with E-state index in [1.165, 1.54) is 11.1 Å². The van der Waals surface area contributed by atoms with Crippen molar-refractivity contribution in [3.05, 3.63) is 59.7 Å². The predicted molar refractivity (Wildman–Crippen MR) is 124 cm³/mol. The van der Waals surface area contributed by atoms with Gasteiger partial charge in [-0.1, -0.05) is 24.3 Å². The summed E-state index contributed by atoms with van der Waals surface area (Å²) in [5, 5.41) is 6.68. The van der Waals surface area contributed by atoms with Crippen LogP contribution in [0.25, 0.3) is 11.2 Å². The molecule has 1 aliphatic rings. The van der Waals surface area contributed by atoms with Gasteiger partial charge in [-0.3, -0.25) is 0 Å². The highest BCUT2D eigenvalue weighted by Crippen LogP contribution is 2.28. The lowest BCUT2D eigenvalue weighted by atomic mass is 10.2. The summed E-state index contributed by atoms with van der Waals surface area (Å²) in [6.45, 7) is 7.00. The number of nitrogens with one attached hydrogen (secondary N) is 3. The molecule has 0 bridgehead atoms. The lowest BCUT2D eigenvalue weighted by Gasteiger charge is -2.28. The number of aromatic nitrogens is 4. The molecule has 2 aromatic heterocycles. The van der Waals surface area contributed by atoms with Gasteiger partial charge in [0, 0.05) is 24.5 Å². The first-order chi connectivity index (χ1) is 15.1. The third-order valence-corrected chi connectivity index (χ3v) is 5.19. The van der Waals surface area contributed by atoms with Crippen LogP contribution in [0.2, 0.25) is 0 Å². The molecule has 4 aromatic rings. The van der Waals surface area contributed by atoms with Crippen molar-refractivity contribution in [1.82, 2.24) is 19.9 Å². The van der Waals surface area contributed by atoms with Crippen LogP contribution < -0.4 is 15.5 Å². The Labute approximate surface area is 180 Å². The second kappa shape index (κ2) is 8.23. The summed E-state index contributed by atoms with van der Waals surface area (Å²) < 4.78 is 5.53. The van der Waals surface area contributed by atoms with Gasteiger partial charge in [0.2, 0.25) is 11.9 Å². The van der Waals surface area contributed by atoms with Gasteiger partial charge < -0.3 is 25.3 Å². The van der Waals surface area contributed by atoms with E-state index in [9.17, 15) is 0 Å². The highest BCUT2D eigenvalue weighted by atomic mass is 16.5. The van der Waals surface area contributed by atoms with E-state index in [4.69, 9.17) is 19.7 Å². The summed E-state index contributed by atoms with van der Waals surface area (Å²) in [5.74, 6) is 1.97. The maximum Gasteiger partial charge on any atom is 0.231 e. The average molecular weight is 416 g/mol. The SMILES string of the molecule is Cc1cccc(Nc2nc(N3CCOCC3)c3nc(Nc4cccc(C)c4)[nH]c3n2)c1. The minimum absolute atomic E-state index is 0.533. The highest BCUT2D eigenvalue weighted by Gasteiger charge is 2.20. The maximum atomic E-state index is 5.53. The molecule has 1 saturated heterocycles. The number of hydrogen-bond acceptors (Lipinski definition) is 7. The molecule has 3 heterocycles. The highest BCUT2D eigenvalue weighted by molar-refractivity contribution is 5.87. The Morgan fingerprint density at radius 1 is 0.871 bits per heavy atom. The third kappa shape index (κ3) is 4.29. The summed E-state index contributed by atoms with van der Waals surface area (Å²) in [5.41, 5.74) is 5.70. The van der Waals surface area contributed by atoms with E-state index in [-0.39, 0.29) is 0 Å². The van der Waals surface area contributed by atoms with Gasteiger partial charge in [0.15, 0.2) is 17.0 Å². The van der Waals surface area contributed by atoms with E-state index < -0.39 is 0 Å². The zero-order valence-electron chi connectivity index (χ0n) is 17.6. The Bertz CT molecular complexity index is 1210. The van der Waals surface area contributed by atoms with Crippen molar-refractivity contribution in [3.8, 4) is 0 Å². The number of benzene rings is 2. The molecular weight excluding hydrogens is 390 g/mol. The van der Waals surface area contributed by atoms with Crippen LogP contribution in [0.3, 0.4) is 0 Å². The zero-order chi connectivity index (χ0) is 21.2. The molecule has 1 aliphatic heterocycles. The first kappa shape index (κ1) is 19.3. The fourth-order valence-electron chi connectivity index (χ4n) is 3.71. The first-order valence-corrected chi connectivity index (χ1v) is 10.4. The minimum Gasteiger partial charge on any atom is -0.378 e. The number of aryl methyl sites for hydroxylation is 2. The van der Waals surface area contributed by atoms with Crippen LogP contribution in [-0.4, -0.2) is 46.2 Å². The van der Waals surface area contributed by atoms with Gasteiger partial charge in [-0.2, -0.15) is 9.97 Å². The summed E-state index contributed by atoms with van der Waals surface area (Å²) in [7, 11) is 0. The molecule has 0 amide bonds.